The molecule has 214 valence electrons. The van der Waals surface area contributed by atoms with Gasteiger partial charge in [-0.1, -0.05) is 176 Å². The van der Waals surface area contributed by atoms with E-state index < -0.39 is 0 Å². The minimum atomic E-state index is 0.0930. The molecule has 0 atom stereocenters. The zero-order chi connectivity index (χ0) is 28.3. The molecule has 0 heterocycles. The van der Waals surface area contributed by atoms with Gasteiger partial charge in [0.1, 0.15) is 0 Å². The van der Waals surface area contributed by atoms with E-state index in [1.54, 1.807) is 11.1 Å². The van der Waals surface area contributed by atoms with E-state index in [4.69, 9.17) is 0 Å². The summed E-state index contributed by atoms with van der Waals surface area (Å²) in [6.45, 7) is 4.63. The third-order valence-electron chi connectivity index (χ3n) is 9.49. The summed E-state index contributed by atoms with van der Waals surface area (Å²) in [5.41, 5.74) is 11.6. The molecule has 0 nitrogen and oxygen atoms in total. The molecule has 1 aliphatic rings. The van der Waals surface area contributed by atoms with Crippen molar-refractivity contribution in [2.24, 2.45) is 0 Å². The Bertz CT molecular complexity index is 1240. The van der Waals surface area contributed by atoms with E-state index in [1.807, 2.05) is 0 Å². The SMILES string of the molecule is CCCCCCCCC1(CCCCCCCC)c2cc(-c3ccccc3)ccc2-c2ccc(-c3ccccc3)cc21. The standard InChI is InChI=1S/C41H50/c1-3-5-7-9-11-19-29-41(30-20-12-10-8-6-4-2)39-31-35(33-21-15-13-16-22-33)25-27-37(39)38-28-26-36(32-40(38)41)34-23-17-14-18-24-34/h13-18,21-28,31-32H,3-12,19-20,29-30H2,1-2H3. The zero-order valence-electron chi connectivity index (χ0n) is 25.6. The molecule has 0 radical (unpaired) electrons. The molecule has 0 saturated carbocycles. The molecule has 0 aliphatic heterocycles. The number of rotatable bonds is 16. The molecule has 0 unspecified atom stereocenters. The lowest BCUT2D eigenvalue weighted by atomic mass is 9.70. The first kappa shape index (κ1) is 29.4. The molecular weight excluding hydrogens is 492 g/mol. The molecular formula is C41H50. The lowest BCUT2D eigenvalue weighted by Crippen LogP contribution is -2.25. The lowest BCUT2D eigenvalue weighted by molar-refractivity contribution is 0.398. The fourth-order valence-electron chi connectivity index (χ4n) is 7.19. The third-order valence-corrected chi connectivity index (χ3v) is 9.49. The Morgan fingerprint density at radius 1 is 0.390 bits per heavy atom. The van der Waals surface area contributed by atoms with Gasteiger partial charge in [0.2, 0.25) is 0 Å². The molecule has 0 amide bonds. The molecule has 4 aromatic rings. The molecule has 0 aromatic heterocycles. The van der Waals surface area contributed by atoms with Gasteiger partial charge in [-0.15, -0.1) is 0 Å². The molecule has 4 aromatic carbocycles. The number of hydrogen-bond donors (Lipinski definition) is 0. The summed E-state index contributed by atoms with van der Waals surface area (Å²) < 4.78 is 0. The summed E-state index contributed by atoms with van der Waals surface area (Å²) in [4.78, 5) is 0. The van der Waals surface area contributed by atoms with E-state index in [0.29, 0.717) is 0 Å². The summed E-state index contributed by atoms with van der Waals surface area (Å²) in [6, 6.07) is 36.7. The van der Waals surface area contributed by atoms with E-state index in [1.165, 1.54) is 123 Å². The average molecular weight is 543 g/mol. The van der Waals surface area contributed by atoms with Crippen molar-refractivity contribution in [3.8, 4) is 33.4 Å². The molecule has 41 heavy (non-hydrogen) atoms. The predicted molar refractivity (Wildman–Crippen MR) is 180 cm³/mol. The van der Waals surface area contributed by atoms with E-state index in [9.17, 15) is 0 Å². The minimum Gasteiger partial charge on any atom is -0.0654 e. The highest BCUT2D eigenvalue weighted by Crippen LogP contribution is 2.55. The topological polar surface area (TPSA) is 0 Å². The maximum Gasteiger partial charge on any atom is 0.0215 e. The quantitative estimate of drug-likeness (QED) is 0.123. The van der Waals surface area contributed by atoms with Gasteiger partial charge in [0.15, 0.2) is 0 Å². The van der Waals surface area contributed by atoms with E-state index in [-0.39, 0.29) is 5.41 Å². The van der Waals surface area contributed by atoms with Crippen molar-refractivity contribution < 1.29 is 0 Å². The molecule has 0 bridgehead atoms. The predicted octanol–water partition coefficient (Wildman–Crippen LogP) is 12.8. The van der Waals surface area contributed by atoms with Crippen LogP contribution in [0.3, 0.4) is 0 Å². The Kier molecular flexibility index (Phi) is 10.5. The normalized spacial score (nSPS) is 13.2. The van der Waals surface area contributed by atoms with Crippen molar-refractivity contribution in [2.75, 3.05) is 0 Å². The first-order valence-electron chi connectivity index (χ1n) is 16.7. The Morgan fingerprint density at radius 3 is 1.20 bits per heavy atom. The van der Waals surface area contributed by atoms with Crippen molar-refractivity contribution in [1.29, 1.82) is 0 Å². The lowest BCUT2D eigenvalue weighted by Gasteiger charge is -2.33. The van der Waals surface area contributed by atoms with E-state index in [0.717, 1.165) is 0 Å². The summed E-state index contributed by atoms with van der Waals surface area (Å²) >= 11 is 0. The molecule has 5 rings (SSSR count). The van der Waals surface area contributed by atoms with Crippen LogP contribution in [0.2, 0.25) is 0 Å². The van der Waals surface area contributed by atoms with Crippen LogP contribution in [-0.2, 0) is 5.41 Å². The Morgan fingerprint density at radius 2 is 0.780 bits per heavy atom. The van der Waals surface area contributed by atoms with Crippen LogP contribution in [0.25, 0.3) is 33.4 Å². The van der Waals surface area contributed by atoms with Crippen molar-refractivity contribution >= 4 is 0 Å². The molecule has 0 N–H and O–H groups in total. The van der Waals surface area contributed by atoms with Gasteiger partial charge in [-0.3, -0.25) is 0 Å². The maximum absolute atomic E-state index is 2.57. The second-order valence-electron chi connectivity index (χ2n) is 12.4. The van der Waals surface area contributed by atoms with Gasteiger partial charge < -0.3 is 0 Å². The average Bonchev–Trinajstić information content (AvgIpc) is 3.30. The van der Waals surface area contributed by atoms with Gasteiger partial charge in [-0.05, 0) is 69.5 Å². The van der Waals surface area contributed by atoms with Gasteiger partial charge in [-0.25, -0.2) is 0 Å². The van der Waals surface area contributed by atoms with Gasteiger partial charge in [0.25, 0.3) is 0 Å². The summed E-state index contributed by atoms with van der Waals surface area (Å²) in [6.07, 6.45) is 18.7. The van der Waals surface area contributed by atoms with Crippen molar-refractivity contribution in [1.82, 2.24) is 0 Å². The fraction of sp³-hybridized carbons (Fsp3) is 0.415. The Hall–Kier alpha value is -3.12. The number of benzene rings is 4. The largest absolute Gasteiger partial charge is 0.0654 e. The van der Waals surface area contributed by atoms with Gasteiger partial charge in [0, 0.05) is 5.41 Å². The monoisotopic (exact) mass is 542 g/mol. The minimum absolute atomic E-state index is 0.0930. The second kappa shape index (κ2) is 14.7. The second-order valence-corrected chi connectivity index (χ2v) is 12.4. The molecule has 0 fully saturated rings. The molecule has 0 spiro atoms. The van der Waals surface area contributed by atoms with Crippen LogP contribution in [0.5, 0.6) is 0 Å². The van der Waals surface area contributed by atoms with Gasteiger partial charge >= 0.3 is 0 Å². The number of unbranched alkanes of at least 4 members (excludes halogenated alkanes) is 10. The van der Waals surface area contributed by atoms with Crippen LogP contribution < -0.4 is 0 Å². The van der Waals surface area contributed by atoms with E-state index in [2.05, 4.69) is 111 Å². The highest BCUT2D eigenvalue weighted by Gasteiger charge is 2.42. The van der Waals surface area contributed by atoms with Crippen molar-refractivity contribution in [3.63, 3.8) is 0 Å². The summed E-state index contributed by atoms with van der Waals surface area (Å²) in [7, 11) is 0. The zero-order valence-corrected chi connectivity index (χ0v) is 25.6. The Labute approximate surface area is 250 Å². The van der Waals surface area contributed by atoms with Crippen molar-refractivity contribution in [3.05, 3.63) is 108 Å². The summed E-state index contributed by atoms with van der Waals surface area (Å²) in [5.74, 6) is 0. The highest BCUT2D eigenvalue weighted by molar-refractivity contribution is 5.86. The molecule has 1 aliphatic carbocycles. The number of hydrogen-bond acceptors (Lipinski definition) is 0. The van der Waals surface area contributed by atoms with Crippen LogP contribution in [0.15, 0.2) is 97.1 Å². The van der Waals surface area contributed by atoms with Gasteiger partial charge in [0.05, 0.1) is 0 Å². The van der Waals surface area contributed by atoms with Crippen LogP contribution in [0, 0.1) is 0 Å². The molecule has 0 saturated heterocycles. The van der Waals surface area contributed by atoms with E-state index >= 15 is 0 Å². The smallest absolute Gasteiger partial charge is 0.0215 e. The number of fused-ring (bicyclic) bond motifs is 3. The first-order chi connectivity index (χ1) is 20.3. The Balaban J connectivity index is 1.55. The first-order valence-corrected chi connectivity index (χ1v) is 16.7. The fourth-order valence-corrected chi connectivity index (χ4v) is 7.19. The van der Waals surface area contributed by atoms with Gasteiger partial charge in [-0.2, -0.15) is 0 Å². The highest BCUT2D eigenvalue weighted by atomic mass is 14.5. The van der Waals surface area contributed by atoms with Crippen LogP contribution in [0.1, 0.15) is 115 Å². The molecule has 0 heteroatoms. The van der Waals surface area contributed by atoms with Crippen LogP contribution in [-0.4, -0.2) is 0 Å². The van der Waals surface area contributed by atoms with Crippen LogP contribution in [0.4, 0.5) is 0 Å². The van der Waals surface area contributed by atoms with Crippen LogP contribution >= 0.6 is 0 Å². The third kappa shape index (κ3) is 6.86. The summed E-state index contributed by atoms with van der Waals surface area (Å²) in [5, 5.41) is 0. The maximum atomic E-state index is 2.57. The van der Waals surface area contributed by atoms with Crippen molar-refractivity contribution in [2.45, 2.75) is 109 Å².